The Morgan fingerprint density at radius 3 is 2.34 bits per heavy atom. The van der Waals surface area contributed by atoms with E-state index in [1.807, 2.05) is 24.3 Å². The Morgan fingerprint density at radius 1 is 1.03 bits per heavy atom. The summed E-state index contributed by atoms with van der Waals surface area (Å²) in [7, 11) is -3.84. The molecule has 2 aromatic heterocycles. The van der Waals surface area contributed by atoms with Crippen LogP contribution in [0.2, 0.25) is 0 Å². The fourth-order valence-corrected chi connectivity index (χ4v) is 4.70. The maximum Gasteiger partial charge on any atom is 0.305 e. The van der Waals surface area contributed by atoms with E-state index in [2.05, 4.69) is 36.1 Å². The van der Waals surface area contributed by atoms with E-state index in [4.69, 9.17) is 5.11 Å². The summed E-state index contributed by atoms with van der Waals surface area (Å²) in [5.74, 6) is -0.415. The molecule has 0 atom stereocenters. The average Bonchev–Trinajstić information content (AvgIpc) is 2.79. The van der Waals surface area contributed by atoms with E-state index >= 15 is 0 Å². The molecule has 0 aliphatic carbocycles. The molecule has 0 saturated heterocycles. The minimum atomic E-state index is -3.84. The van der Waals surface area contributed by atoms with Crippen LogP contribution in [0.25, 0.3) is 0 Å². The van der Waals surface area contributed by atoms with Gasteiger partial charge in [-0.15, -0.1) is 12.4 Å². The van der Waals surface area contributed by atoms with Crippen LogP contribution in [-0.4, -0.2) is 40.3 Å². The molecular formula is C25H31ClN4O4S. The fourth-order valence-electron chi connectivity index (χ4n) is 3.33. The van der Waals surface area contributed by atoms with Gasteiger partial charge in [0.05, 0.1) is 18.7 Å². The van der Waals surface area contributed by atoms with E-state index in [-0.39, 0.29) is 48.8 Å². The van der Waals surface area contributed by atoms with Crippen LogP contribution in [0, 0.1) is 0 Å². The van der Waals surface area contributed by atoms with Crippen molar-refractivity contribution < 1.29 is 18.3 Å². The smallest absolute Gasteiger partial charge is 0.305 e. The van der Waals surface area contributed by atoms with Crippen molar-refractivity contribution >= 4 is 34.2 Å². The Bertz CT molecular complexity index is 1210. The molecule has 0 unspecified atom stereocenters. The Morgan fingerprint density at radius 2 is 1.74 bits per heavy atom. The second kappa shape index (κ2) is 12.1. The van der Waals surface area contributed by atoms with Crippen LogP contribution in [0.15, 0.2) is 71.9 Å². The van der Waals surface area contributed by atoms with Gasteiger partial charge in [0.25, 0.3) is 0 Å². The maximum absolute atomic E-state index is 13.5. The topological polar surface area (TPSA) is 112 Å². The first-order valence-electron chi connectivity index (χ1n) is 11.0. The molecule has 2 heterocycles. The number of nitrogens with zero attached hydrogens (tertiary/aromatic N) is 3. The van der Waals surface area contributed by atoms with E-state index in [9.17, 15) is 13.2 Å². The van der Waals surface area contributed by atoms with Gasteiger partial charge in [0, 0.05) is 25.5 Å². The highest BCUT2D eigenvalue weighted by Gasteiger charge is 2.26. The van der Waals surface area contributed by atoms with Crippen molar-refractivity contribution in [3.63, 3.8) is 0 Å². The zero-order valence-electron chi connectivity index (χ0n) is 20.0. The molecule has 35 heavy (non-hydrogen) atoms. The Labute approximate surface area is 212 Å². The first kappa shape index (κ1) is 28.2. The summed E-state index contributed by atoms with van der Waals surface area (Å²) in [5.41, 5.74) is 2.56. The Hall–Kier alpha value is -3.01. The average molecular weight is 519 g/mol. The van der Waals surface area contributed by atoms with E-state index in [0.29, 0.717) is 11.5 Å². The molecule has 0 fully saturated rings. The van der Waals surface area contributed by atoms with Gasteiger partial charge in [-0.2, -0.15) is 4.31 Å². The van der Waals surface area contributed by atoms with E-state index < -0.39 is 16.0 Å². The van der Waals surface area contributed by atoms with Crippen molar-refractivity contribution in [1.29, 1.82) is 0 Å². The lowest BCUT2D eigenvalue weighted by atomic mass is 9.87. The van der Waals surface area contributed by atoms with Gasteiger partial charge >= 0.3 is 5.97 Å². The highest BCUT2D eigenvalue weighted by molar-refractivity contribution is 7.89. The van der Waals surface area contributed by atoms with Gasteiger partial charge in [-0.1, -0.05) is 51.1 Å². The summed E-state index contributed by atoms with van der Waals surface area (Å²) in [6, 6.07) is 16.3. The van der Waals surface area contributed by atoms with Gasteiger partial charge in [0.15, 0.2) is 0 Å². The van der Waals surface area contributed by atoms with Crippen LogP contribution in [0.4, 0.5) is 5.82 Å². The molecule has 0 amide bonds. The summed E-state index contributed by atoms with van der Waals surface area (Å²) in [5, 5.41) is 11.8. The zero-order valence-corrected chi connectivity index (χ0v) is 21.6. The third-order valence-electron chi connectivity index (χ3n) is 5.24. The molecule has 1 aromatic carbocycles. The van der Waals surface area contributed by atoms with E-state index in [1.165, 1.54) is 28.3 Å². The predicted octanol–water partition coefficient (Wildman–Crippen LogP) is 4.47. The molecule has 2 N–H and O–H groups in total. The van der Waals surface area contributed by atoms with Crippen molar-refractivity contribution in [2.45, 2.75) is 50.6 Å². The van der Waals surface area contributed by atoms with Gasteiger partial charge < -0.3 is 10.4 Å². The van der Waals surface area contributed by atoms with Gasteiger partial charge in [0.1, 0.15) is 10.7 Å². The molecule has 0 bridgehead atoms. The lowest BCUT2D eigenvalue weighted by molar-refractivity contribution is -0.136. The molecule has 10 heteroatoms. The fraction of sp³-hybridized carbons (Fsp3) is 0.320. The summed E-state index contributed by atoms with van der Waals surface area (Å²) < 4.78 is 28.3. The molecule has 0 saturated carbocycles. The number of halogens is 1. The SMILES string of the molecule is CC(C)(C)c1ccc(CN(Cc2cccc(NCCC(=O)O)n2)S(=O)(=O)c2cccnc2)cc1.Cl. The van der Waals surface area contributed by atoms with Gasteiger partial charge in [-0.25, -0.2) is 13.4 Å². The lowest BCUT2D eigenvalue weighted by Crippen LogP contribution is -2.31. The van der Waals surface area contributed by atoms with Crippen LogP contribution < -0.4 is 5.32 Å². The normalized spacial score (nSPS) is 11.7. The lowest BCUT2D eigenvalue weighted by Gasteiger charge is -2.23. The zero-order chi connectivity index (χ0) is 24.8. The number of rotatable bonds is 10. The number of carbonyl (C=O) groups is 1. The number of nitrogens with one attached hydrogen (secondary N) is 1. The third-order valence-corrected chi connectivity index (χ3v) is 7.02. The molecule has 0 aliphatic heterocycles. The van der Waals surface area contributed by atoms with Crippen molar-refractivity contribution in [1.82, 2.24) is 14.3 Å². The first-order valence-corrected chi connectivity index (χ1v) is 12.4. The Balaban J connectivity index is 0.00000432. The minimum absolute atomic E-state index is 0. The largest absolute Gasteiger partial charge is 0.481 e. The summed E-state index contributed by atoms with van der Waals surface area (Å²) >= 11 is 0. The van der Waals surface area contributed by atoms with Crippen LogP contribution in [0.1, 0.15) is 44.0 Å². The van der Waals surface area contributed by atoms with Crippen LogP contribution in [0.5, 0.6) is 0 Å². The monoisotopic (exact) mass is 518 g/mol. The minimum Gasteiger partial charge on any atom is -0.481 e. The number of sulfonamides is 1. The molecule has 3 aromatic rings. The molecule has 0 radical (unpaired) electrons. The van der Waals surface area contributed by atoms with Crippen LogP contribution in [0.3, 0.4) is 0 Å². The third kappa shape index (κ3) is 8.02. The number of anilines is 1. The quantitative estimate of drug-likeness (QED) is 0.407. The van der Waals surface area contributed by atoms with Gasteiger partial charge in [0.2, 0.25) is 10.0 Å². The van der Waals surface area contributed by atoms with Gasteiger partial charge in [-0.3, -0.25) is 9.78 Å². The Kier molecular flexibility index (Phi) is 9.76. The molecule has 188 valence electrons. The first-order chi connectivity index (χ1) is 16.1. The summed E-state index contributed by atoms with van der Waals surface area (Å²) in [4.78, 5) is 19.3. The highest BCUT2D eigenvalue weighted by Crippen LogP contribution is 2.24. The van der Waals surface area contributed by atoms with Crippen LogP contribution >= 0.6 is 12.4 Å². The second-order valence-electron chi connectivity index (χ2n) is 8.99. The molecule has 3 rings (SSSR count). The highest BCUT2D eigenvalue weighted by atomic mass is 35.5. The number of aliphatic carboxylic acids is 1. The molecule has 0 aliphatic rings. The second-order valence-corrected chi connectivity index (χ2v) is 10.9. The number of benzene rings is 1. The molecule has 8 nitrogen and oxygen atoms in total. The summed E-state index contributed by atoms with van der Waals surface area (Å²) in [6.07, 6.45) is 2.82. The van der Waals surface area contributed by atoms with Crippen molar-refractivity contribution in [2.75, 3.05) is 11.9 Å². The van der Waals surface area contributed by atoms with Gasteiger partial charge in [-0.05, 0) is 40.8 Å². The predicted molar refractivity (Wildman–Crippen MR) is 138 cm³/mol. The number of carboxylic acid groups (broad SMARTS) is 1. The number of aromatic nitrogens is 2. The number of hydrogen-bond donors (Lipinski definition) is 2. The number of pyridine rings is 2. The summed E-state index contributed by atoms with van der Waals surface area (Å²) in [6.45, 7) is 6.83. The van der Waals surface area contributed by atoms with Crippen molar-refractivity contribution in [3.05, 3.63) is 83.8 Å². The maximum atomic E-state index is 13.5. The van der Waals surface area contributed by atoms with Crippen LogP contribution in [-0.2, 0) is 33.3 Å². The number of carboxylic acids is 1. The van der Waals surface area contributed by atoms with Crippen molar-refractivity contribution in [2.24, 2.45) is 0 Å². The number of hydrogen-bond acceptors (Lipinski definition) is 6. The standard InChI is InChI=1S/C25H30N4O4S.ClH/c1-25(2,3)20-11-9-19(10-12-20)17-29(34(32,33)22-7-5-14-26-16-22)18-21-6-4-8-23(28-21)27-15-13-24(30)31;/h4-12,14,16H,13,15,17-18H2,1-3H3,(H,27,28)(H,30,31);1H. The van der Waals surface area contributed by atoms with E-state index in [1.54, 1.807) is 24.3 Å². The molecule has 0 spiro atoms. The molecular weight excluding hydrogens is 488 g/mol. The van der Waals surface area contributed by atoms with Crippen molar-refractivity contribution in [3.8, 4) is 0 Å². The van der Waals surface area contributed by atoms with E-state index in [0.717, 1.165) is 5.56 Å².